The van der Waals surface area contributed by atoms with Crippen LogP contribution in [0.15, 0.2) is 24.3 Å². The van der Waals surface area contributed by atoms with Crippen LogP contribution in [0.1, 0.15) is 41.7 Å². The number of hydrogen-bond donors (Lipinski definition) is 1. The van der Waals surface area contributed by atoms with Crippen molar-refractivity contribution in [1.82, 2.24) is 14.8 Å². The smallest absolute Gasteiger partial charge is 0.407 e. The molecule has 1 aromatic heterocycles. The Bertz CT molecular complexity index is 897. The maximum absolute atomic E-state index is 12.9. The number of rotatable bonds is 2. The quantitative estimate of drug-likeness (QED) is 0.873. The zero-order valence-corrected chi connectivity index (χ0v) is 15.2. The zero-order chi connectivity index (χ0) is 18.4. The summed E-state index contributed by atoms with van der Waals surface area (Å²) in [5, 5.41) is 10.6. The van der Waals surface area contributed by atoms with Gasteiger partial charge < -0.3 is 14.9 Å². The van der Waals surface area contributed by atoms with Crippen molar-refractivity contribution in [3.05, 3.63) is 40.5 Å². The van der Waals surface area contributed by atoms with Crippen molar-refractivity contribution in [1.29, 1.82) is 0 Å². The first kappa shape index (κ1) is 17.1. The average molecular weight is 374 g/mol. The van der Waals surface area contributed by atoms with E-state index in [1.54, 1.807) is 17.0 Å². The van der Waals surface area contributed by atoms with Gasteiger partial charge in [0, 0.05) is 48.2 Å². The van der Waals surface area contributed by atoms with Crippen molar-refractivity contribution < 1.29 is 14.7 Å². The Labute approximate surface area is 156 Å². The highest BCUT2D eigenvalue weighted by Crippen LogP contribution is 2.41. The predicted molar refractivity (Wildman–Crippen MR) is 98.8 cm³/mol. The van der Waals surface area contributed by atoms with Crippen molar-refractivity contribution in [2.45, 2.75) is 31.7 Å². The third-order valence-electron chi connectivity index (χ3n) is 5.18. The van der Waals surface area contributed by atoms with Gasteiger partial charge in [0.15, 0.2) is 0 Å². The van der Waals surface area contributed by atoms with Crippen LogP contribution >= 0.6 is 11.6 Å². The summed E-state index contributed by atoms with van der Waals surface area (Å²) in [7, 11) is 0. The second-order valence-corrected chi connectivity index (χ2v) is 7.52. The number of carboxylic acid groups (broad SMARTS) is 1. The maximum atomic E-state index is 12.9. The van der Waals surface area contributed by atoms with E-state index in [2.05, 4.69) is 0 Å². The summed E-state index contributed by atoms with van der Waals surface area (Å²) in [4.78, 5) is 31.8. The number of pyridine rings is 1. The third-order valence-corrected chi connectivity index (χ3v) is 5.49. The molecule has 6 nitrogen and oxygen atoms in total. The highest BCUT2D eigenvalue weighted by atomic mass is 35.5. The van der Waals surface area contributed by atoms with E-state index in [1.165, 1.54) is 4.90 Å². The van der Waals surface area contributed by atoms with Gasteiger partial charge in [0.05, 0.1) is 10.5 Å². The summed E-state index contributed by atoms with van der Waals surface area (Å²) in [6.45, 7) is 2.91. The van der Waals surface area contributed by atoms with E-state index in [1.807, 2.05) is 19.1 Å². The van der Waals surface area contributed by atoms with E-state index < -0.39 is 6.09 Å². The predicted octanol–water partition coefficient (Wildman–Crippen LogP) is 3.59. The molecule has 0 radical (unpaired) electrons. The van der Waals surface area contributed by atoms with Gasteiger partial charge in [-0.3, -0.25) is 9.78 Å². The fourth-order valence-corrected chi connectivity index (χ4v) is 3.80. The van der Waals surface area contributed by atoms with Gasteiger partial charge in [-0.05, 0) is 38.0 Å². The van der Waals surface area contributed by atoms with Gasteiger partial charge in [-0.25, -0.2) is 4.79 Å². The van der Waals surface area contributed by atoms with Crippen LogP contribution in [0.3, 0.4) is 0 Å². The minimum Gasteiger partial charge on any atom is -0.465 e. The number of carbonyl (C=O) groups is 2. The molecule has 136 valence electrons. The monoisotopic (exact) mass is 373 g/mol. The first-order valence-corrected chi connectivity index (χ1v) is 9.21. The molecule has 1 aromatic carbocycles. The van der Waals surface area contributed by atoms with Crippen LogP contribution in [0.2, 0.25) is 5.02 Å². The van der Waals surface area contributed by atoms with Crippen LogP contribution in [0, 0.1) is 0 Å². The molecule has 1 aliphatic carbocycles. The van der Waals surface area contributed by atoms with Crippen molar-refractivity contribution in [3.63, 3.8) is 0 Å². The lowest BCUT2D eigenvalue weighted by molar-refractivity contribution is 0.0484. The van der Waals surface area contributed by atoms with E-state index in [4.69, 9.17) is 21.7 Å². The Balaban J connectivity index is 1.61. The lowest BCUT2D eigenvalue weighted by atomic mass is 10.1. The van der Waals surface area contributed by atoms with Gasteiger partial charge in [0.25, 0.3) is 5.91 Å². The SMILES string of the molecule is C[C@H]1CN(C(=O)O)CCN1C(=O)c1ccc2c(Cl)cc(C3CC3)nc2c1. The number of nitrogens with zero attached hydrogens (tertiary/aromatic N) is 3. The number of fused-ring (bicyclic) bond motifs is 1. The lowest BCUT2D eigenvalue weighted by Gasteiger charge is -2.38. The molecule has 0 bridgehead atoms. The van der Waals surface area contributed by atoms with E-state index in [0.717, 1.165) is 29.4 Å². The van der Waals surface area contributed by atoms with E-state index in [-0.39, 0.29) is 11.9 Å². The maximum Gasteiger partial charge on any atom is 0.407 e. The minimum absolute atomic E-state index is 0.0980. The third kappa shape index (κ3) is 3.09. The largest absolute Gasteiger partial charge is 0.465 e. The number of aromatic nitrogens is 1. The van der Waals surface area contributed by atoms with Gasteiger partial charge in [-0.1, -0.05) is 17.7 Å². The summed E-state index contributed by atoms with van der Waals surface area (Å²) in [6.07, 6.45) is 1.33. The Morgan fingerprint density at radius 2 is 2.00 bits per heavy atom. The summed E-state index contributed by atoms with van der Waals surface area (Å²) in [5.74, 6) is 0.388. The molecule has 2 amide bonds. The van der Waals surface area contributed by atoms with Crippen LogP contribution < -0.4 is 0 Å². The summed E-state index contributed by atoms with van der Waals surface area (Å²) in [5.41, 5.74) is 2.29. The fraction of sp³-hybridized carbons (Fsp3) is 0.421. The van der Waals surface area contributed by atoms with Gasteiger partial charge in [-0.2, -0.15) is 0 Å². The first-order valence-electron chi connectivity index (χ1n) is 8.83. The standard InChI is InChI=1S/C19H20ClN3O3/c1-11-10-22(19(25)26)6-7-23(11)18(24)13-4-5-14-15(20)9-16(12-2-3-12)21-17(14)8-13/h4-5,8-9,11-12H,2-3,6-7,10H2,1H3,(H,25,26)/t11-/m0/s1. The molecule has 0 spiro atoms. The molecule has 4 rings (SSSR count). The van der Waals surface area contributed by atoms with Crippen LogP contribution in [0.4, 0.5) is 4.79 Å². The summed E-state index contributed by atoms with van der Waals surface area (Å²) in [6, 6.07) is 7.16. The van der Waals surface area contributed by atoms with Gasteiger partial charge in [0.2, 0.25) is 0 Å². The zero-order valence-electron chi connectivity index (χ0n) is 14.5. The molecule has 1 aliphatic heterocycles. The van der Waals surface area contributed by atoms with Crippen LogP contribution in [0.25, 0.3) is 10.9 Å². The van der Waals surface area contributed by atoms with Gasteiger partial charge in [0.1, 0.15) is 0 Å². The molecular formula is C19H20ClN3O3. The Morgan fingerprint density at radius 1 is 1.23 bits per heavy atom. The molecule has 1 saturated carbocycles. The molecule has 1 atom stereocenters. The molecule has 1 N–H and O–H groups in total. The lowest BCUT2D eigenvalue weighted by Crippen LogP contribution is -2.55. The number of piperazine rings is 1. The molecule has 1 saturated heterocycles. The highest BCUT2D eigenvalue weighted by Gasteiger charge is 2.30. The first-order chi connectivity index (χ1) is 12.4. The molecule has 0 unspecified atom stereocenters. The Morgan fingerprint density at radius 3 is 2.65 bits per heavy atom. The number of amides is 2. The molecule has 7 heteroatoms. The van der Waals surface area contributed by atoms with Crippen molar-refractivity contribution in [3.8, 4) is 0 Å². The van der Waals surface area contributed by atoms with Gasteiger partial charge in [-0.15, -0.1) is 0 Å². The molecule has 2 aromatic rings. The van der Waals surface area contributed by atoms with Crippen LogP contribution in [-0.4, -0.2) is 57.6 Å². The molecule has 2 aliphatic rings. The number of carbonyl (C=O) groups excluding carboxylic acids is 1. The van der Waals surface area contributed by atoms with E-state index >= 15 is 0 Å². The number of halogens is 1. The van der Waals surface area contributed by atoms with Crippen molar-refractivity contribution >= 4 is 34.5 Å². The average Bonchev–Trinajstić information content (AvgIpc) is 3.45. The van der Waals surface area contributed by atoms with Crippen molar-refractivity contribution in [2.75, 3.05) is 19.6 Å². The highest BCUT2D eigenvalue weighted by molar-refractivity contribution is 6.35. The van der Waals surface area contributed by atoms with E-state index in [9.17, 15) is 9.59 Å². The van der Waals surface area contributed by atoms with Crippen LogP contribution in [-0.2, 0) is 0 Å². The summed E-state index contributed by atoms with van der Waals surface area (Å²) >= 11 is 6.39. The molecular weight excluding hydrogens is 354 g/mol. The van der Waals surface area contributed by atoms with E-state index in [0.29, 0.717) is 36.1 Å². The second-order valence-electron chi connectivity index (χ2n) is 7.11. The Hall–Kier alpha value is -2.34. The van der Waals surface area contributed by atoms with Gasteiger partial charge >= 0.3 is 6.09 Å². The number of benzene rings is 1. The fourth-order valence-electron chi connectivity index (χ4n) is 3.53. The normalized spacial score (nSPS) is 20.5. The number of hydrogen-bond acceptors (Lipinski definition) is 3. The molecule has 2 heterocycles. The topological polar surface area (TPSA) is 73.7 Å². The van der Waals surface area contributed by atoms with Crippen molar-refractivity contribution in [2.24, 2.45) is 0 Å². The minimum atomic E-state index is -0.943. The molecule has 26 heavy (non-hydrogen) atoms. The Kier molecular flexibility index (Phi) is 4.23. The summed E-state index contributed by atoms with van der Waals surface area (Å²) < 4.78 is 0. The molecule has 2 fully saturated rings. The van der Waals surface area contributed by atoms with Crippen LogP contribution in [0.5, 0.6) is 0 Å². The second kappa shape index (κ2) is 6.43.